The van der Waals surface area contributed by atoms with E-state index in [1.807, 2.05) is 11.6 Å². The van der Waals surface area contributed by atoms with Crippen LogP contribution in [0.1, 0.15) is 24.6 Å². The van der Waals surface area contributed by atoms with Gasteiger partial charge in [-0.2, -0.15) is 0 Å². The van der Waals surface area contributed by atoms with E-state index in [0.717, 1.165) is 36.2 Å². The van der Waals surface area contributed by atoms with Gasteiger partial charge in [0.2, 0.25) is 0 Å². The Morgan fingerprint density at radius 2 is 2.07 bits per heavy atom. The van der Waals surface area contributed by atoms with E-state index in [-0.39, 0.29) is 12.4 Å². The summed E-state index contributed by atoms with van der Waals surface area (Å²) in [5.74, 6) is 0. The molecule has 0 bridgehead atoms. The van der Waals surface area contributed by atoms with Crippen LogP contribution in [0.25, 0.3) is 0 Å². The van der Waals surface area contributed by atoms with E-state index in [4.69, 9.17) is 0 Å². The fourth-order valence-corrected chi connectivity index (χ4v) is 1.97. The standard InChI is InChI=1S/C8H13BrN4.ClH/c1-6-8(9)11-12-13(6)7-2-4-10-5-3-7;/h7,10H,2-5H2,1H3;1H. The first-order valence-corrected chi connectivity index (χ1v) is 5.36. The van der Waals surface area contributed by atoms with Gasteiger partial charge in [0, 0.05) is 0 Å². The van der Waals surface area contributed by atoms with Crippen LogP contribution in [-0.4, -0.2) is 28.1 Å². The minimum atomic E-state index is 0. The van der Waals surface area contributed by atoms with E-state index in [1.165, 1.54) is 0 Å². The molecule has 2 heterocycles. The molecule has 4 nitrogen and oxygen atoms in total. The number of hydrogen-bond donors (Lipinski definition) is 1. The van der Waals surface area contributed by atoms with Gasteiger partial charge in [-0.05, 0) is 48.8 Å². The lowest BCUT2D eigenvalue weighted by atomic mass is 10.1. The highest BCUT2D eigenvalue weighted by molar-refractivity contribution is 9.10. The first-order valence-electron chi connectivity index (χ1n) is 4.57. The van der Waals surface area contributed by atoms with Crippen molar-refractivity contribution in [2.45, 2.75) is 25.8 Å². The van der Waals surface area contributed by atoms with Gasteiger partial charge in [0.15, 0.2) is 4.60 Å². The molecule has 0 unspecified atom stereocenters. The summed E-state index contributed by atoms with van der Waals surface area (Å²) in [5.41, 5.74) is 1.13. The highest BCUT2D eigenvalue weighted by Crippen LogP contribution is 2.21. The maximum Gasteiger partial charge on any atom is 0.151 e. The van der Waals surface area contributed by atoms with Gasteiger partial charge in [-0.25, -0.2) is 4.68 Å². The summed E-state index contributed by atoms with van der Waals surface area (Å²) in [6.45, 7) is 4.22. The summed E-state index contributed by atoms with van der Waals surface area (Å²) in [6, 6.07) is 0.528. The van der Waals surface area contributed by atoms with Gasteiger partial charge in [-0.1, -0.05) is 5.21 Å². The van der Waals surface area contributed by atoms with Crippen molar-refractivity contribution in [3.05, 3.63) is 10.3 Å². The lowest BCUT2D eigenvalue weighted by Gasteiger charge is -2.23. The number of nitrogens with zero attached hydrogens (tertiary/aromatic N) is 3. The van der Waals surface area contributed by atoms with Crippen LogP contribution in [-0.2, 0) is 0 Å². The first-order chi connectivity index (χ1) is 6.29. The zero-order valence-electron chi connectivity index (χ0n) is 8.03. The second-order valence-electron chi connectivity index (χ2n) is 3.39. The second kappa shape index (κ2) is 5.09. The van der Waals surface area contributed by atoms with Crippen molar-refractivity contribution < 1.29 is 0 Å². The average molecular weight is 282 g/mol. The van der Waals surface area contributed by atoms with Gasteiger partial charge in [0.05, 0.1) is 11.7 Å². The molecule has 1 aliphatic rings. The van der Waals surface area contributed by atoms with Crippen molar-refractivity contribution in [2.24, 2.45) is 0 Å². The molecule has 1 fully saturated rings. The predicted octanol–water partition coefficient (Wildman–Crippen LogP) is 1.70. The minimum absolute atomic E-state index is 0. The third kappa shape index (κ3) is 2.27. The third-order valence-electron chi connectivity index (χ3n) is 2.53. The van der Waals surface area contributed by atoms with Crippen molar-refractivity contribution in [3.8, 4) is 0 Å². The quantitative estimate of drug-likeness (QED) is 0.852. The van der Waals surface area contributed by atoms with E-state index in [1.54, 1.807) is 0 Å². The van der Waals surface area contributed by atoms with Crippen LogP contribution >= 0.6 is 28.3 Å². The number of halogens is 2. The molecule has 6 heteroatoms. The molecule has 1 saturated heterocycles. The van der Waals surface area contributed by atoms with Crippen LogP contribution in [0.15, 0.2) is 4.60 Å². The number of nitrogens with one attached hydrogen (secondary N) is 1. The minimum Gasteiger partial charge on any atom is -0.317 e. The molecular weight excluding hydrogens is 267 g/mol. The molecule has 1 aromatic rings. The molecule has 0 amide bonds. The van der Waals surface area contributed by atoms with E-state index < -0.39 is 0 Å². The van der Waals surface area contributed by atoms with Gasteiger partial charge in [-0.3, -0.25) is 0 Å². The average Bonchev–Trinajstić information content (AvgIpc) is 2.49. The predicted molar refractivity (Wildman–Crippen MR) is 60.8 cm³/mol. The maximum atomic E-state index is 4.13. The Morgan fingerprint density at radius 1 is 1.43 bits per heavy atom. The van der Waals surface area contributed by atoms with Gasteiger partial charge in [0.1, 0.15) is 0 Å². The number of hydrogen-bond acceptors (Lipinski definition) is 3. The molecule has 1 aromatic heterocycles. The molecule has 0 spiro atoms. The van der Waals surface area contributed by atoms with Crippen LogP contribution < -0.4 is 5.32 Å². The molecule has 0 aliphatic carbocycles. The summed E-state index contributed by atoms with van der Waals surface area (Å²) >= 11 is 3.37. The van der Waals surface area contributed by atoms with Crippen molar-refractivity contribution in [1.82, 2.24) is 20.3 Å². The van der Waals surface area contributed by atoms with Crippen molar-refractivity contribution in [2.75, 3.05) is 13.1 Å². The van der Waals surface area contributed by atoms with E-state index >= 15 is 0 Å². The molecule has 14 heavy (non-hydrogen) atoms. The lowest BCUT2D eigenvalue weighted by molar-refractivity contribution is 0.333. The third-order valence-corrected chi connectivity index (χ3v) is 3.26. The highest BCUT2D eigenvalue weighted by Gasteiger charge is 2.18. The SMILES string of the molecule is Cc1c(Br)nnn1C1CCNCC1.Cl. The maximum absolute atomic E-state index is 4.13. The summed E-state index contributed by atoms with van der Waals surface area (Å²) in [4.78, 5) is 0. The zero-order valence-corrected chi connectivity index (χ0v) is 10.4. The summed E-state index contributed by atoms with van der Waals surface area (Å²) in [6.07, 6.45) is 2.30. The van der Waals surface area contributed by atoms with Crippen LogP contribution in [0.5, 0.6) is 0 Å². The zero-order chi connectivity index (χ0) is 9.26. The topological polar surface area (TPSA) is 42.7 Å². The molecule has 0 saturated carbocycles. The van der Waals surface area contributed by atoms with Gasteiger partial charge >= 0.3 is 0 Å². The molecule has 0 radical (unpaired) electrons. The van der Waals surface area contributed by atoms with E-state index in [0.29, 0.717) is 6.04 Å². The molecule has 0 aromatic carbocycles. The molecule has 2 rings (SSSR count). The normalized spacial score (nSPS) is 17.9. The summed E-state index contributed by atoms with van der Waals surface area (Å²) in [5, 5.41) is 11.5. The first kappa shape index (κ1) is 11.9. The van der Waals surface area contributed by atoms with Crippen molar-refractivity contribution >= 4 is 28.3 Å². The lowest BCUT2D eigenvalue weighted by Crippen LogP contribution is -2.30. The van der Waals surface area contributed by atoms with Crippen LogP contribution in [0.4, 0.5) is 0 Å². The Hall–Kier alpha value is -0.130. The molecular formula is C8H14BrClN4. The van der Waals surface area contributed by atoms with Crippen LogP contribution in [0, 0.1) is 6.92 Å². The van der Waals surface area contributed by atoms with Crippen LogP contribution in [0.2, 0.25) is 0 Å². The van der Waals surface area contributed by atoms with Gasteiger partial charge < -0.3 is 5.32 Å². The smallest absolute Gasteiger partial charge is 0.151 e. The number of aromatic nitrogens is 3. The largest absolute Gasteiger partial charge is 0.317 e. The van der Waals surface area contributed by atoms with E-state index in [2.05, 4.69) is 31.6 Å². The molecule has 80 valence electrons. The fourth-order valence-electron chi connectivity index (χ4n) is 1.72. The fraction of sp³-hybridized carbons (Fsp3) is 0.750. The molecule has 1 aliphatic heterocycles. The second-order valence-corrected chi connectivity index (χ2v) is 4.14. The Labute approximate surface area is 98.0 Å². The van der Waals surface area contributed by atoms with Gasteiger partial charge in [-0.15, -0.1) is 17.5 Å². The Bertz CT molecular complexity index is 296. The summed E-state index contributed by atoms with van der Waals surface area (Å²) < 4.78 is 2.90. The molecule has 0 atom stereocenters. The molecule has 1 N–H and O–H groups in total. The summed E-state index contributed by atoms with van der Waals surface area (Å²) in [7, 11) is 0. The number of piperidine rings is 1. The van der Waals surface area contributed by atoms with Crippen LogP contribution in [0.3, 0.4) is 0 Å². The Morgan fingerprint density at radius 3 is 2.57 bits per heavy atom. The monoisotopic (exact) mass is 280 g/mol. The Kier molecular flexibility index (Phi) is 4.34. The Balaban J connectivity index is 0.000000980. The number of rotatable bonds is 1. The van der Waals surface area contributed by atoms with Gasteiger partial charge in [0.25, 0.3) is 0 Å². The van der Waals surface area contributed by atoms with E-state index in [9.17, 15) is 0 Å². The highest BCUT2D eigenvalue weighted by atomic mass is 79.9. The van der Waals surface area contributed by atoms with Crippen molar-refractivity contribution in [3.63, 3.8) is 0 Å². The van der Waals surface area contributed by atoms with Crippen molar-refractivity contribution in [1.29, 1.82) is 0 Å².